The van der Waals surface area contributed by atoms with Gasteiger partial charge in [0, 0.05) is 44.7 Å². The number of hydrogen-bond acceptors (Lipinski definition) is 5. The van der Waals surface area contributed by atoms with Gasteiger partial charge in [0.15, 0.2) is 5.76 Å². The van der Waals surface area contributed by atoms with Crippen molar-refractivity contribution in [1.29, 1.82) is 0 Å². The molecule has 2 atom stereocenters. The second-order valence-electron chi connectivity index (χ2n) is 7.29. The third kappa shape index (κ3) is 3.05. The number of rotatable bonds is 2. The summed E-state index contributed by atoms with van der Waals surface area (Å²) in [7, 11) is 2.11. The van der Waals surface area contributed by atoms with Crippen molar-refractivity contribution >= 4 is 16.9 Å². The van der Waals surface area contributed by atoms with Crippen molar-refractivity contribution in [3.8, 4) is 0 Å². The van der Waals surface area contributed by atoms with Crippen LogP contribution in [0.3, 0.4) is 0 Å². The number of aryl methyl sites for hydroxylation is 1. The Kier molecular flexibility index (Phi) is 4.27. The number of nitrogens with zero attached hydrogens (tertiary/aromatic N) is 3. The molecule has 2 fully saturated rings. The number of hydrogen-bond donors (Lipinski definition) is 1. The Hall–Kier alpha value is -1.89. The van der Waals surface area contributed by atoms with Crippen LogP contribution >= 0.6 is 0 Å². The van der Waals surface area contributed by atoms with E-state index in [1.807, 2.05) is 25.1 Å². The van der Waals surface area contributed by atoms with Crippen LogP contribution in [0.15, 0.2) is 28.7 Å². The molecule has 2 aliphatic rings. The molecule has 0 bridgehead atoms. The van der Waals surface area contributed by atoms with Gasteiger partial charge in [-0.1, -0.05) is 18.2 Å². The number of aliphatic hydroxyl groups excluding tert-OH is 1. The molecular weight excluding hydrogens is 318 g/mol. The molecule has 25 heavy (non-hydrogen) atoms. The molecule has 0 unspecified atom stereocenters. The minimum atomic E-state index is -0.501. The lowest BCUT2D eigenvalue weighted by atomic mass is 10.1. The highest BCUT2D eigenvalue weighted by Gasteiger charge is 2.39. The van der Waals surface area contributed by atoms with Gasteiger partial charge < -0.3 is 19.3 Å². The number of likely N-dealkylation sites (N-methyl/N-ethyl adjacent to an activating group) is 1. The normalized spacial score (nSPS) is 25.8. The molecule has 0 saturated carbocycles. The smallest absolute Gasteiger partial charge is 0.289 e. The number of amides is 1. The number of aliphatic hydroxyl groups is 1. The van der Waals surface area contributed by atoms with E-state index in [9.17, 15) is 9.90 Å². The third-order valence-electron chi connectivity index (χ3n) is 5.50. The van der Waals surface area contributed by atoms with Crippen molar-refractivity contribution < 1.29 is 14.3 Å². The average molecular weight is 343 g/mol. The van der Waals surface area contributed by atoms with E-state index in [2.05, 4.69) is 16.8 Å². The molecule has 4 rings (SSSR count). The van der Waals surface area contributed by atoms with Crippen LogP contribution in [0.4, 0.5) is 0 Å². The van der Waals surface area contributed by atoms with Gasteiger partial charge in [0.25, 0.3) is 5.91 Å². The van der Waals surface area contributed by atoms with Crippen molar-refractivity contribution in [3.63, 3.8) is 0 Å². The summed E-state index contributed by atoms with van der Waals surface area (Å²) in [6.07, 6.45) is -0.501. The molecule has 0 radical (unpaired) electrons. The van der Waals surface area contributed by atoms with E-state index in [0.717, 1.165) is 42.7 Å². The Labute approximate surface area is 147 Å². The lowest BCUT2D eigenvalue weighted by molar-refractivity contribution is 0.0512. The minimum Gasteiger partial charge on any atom is -0.451 e. The van der Waals surface area contributed by atoms with Gasteiger partial charge in [-0.05, 0) is 25.6 Å². The predicted molar refractivity (Wildman–Crippen MR) is 95.7 cm³/mol. The van der Waals surface area contributed by atoms with Gasteiger partial charge >= 0.3 is 0 Å². The molecule has 3 heterocycles. The summed E-state index contributed by atoms with van der Waals surface area (Å²) in [5, 5.41) is 11.4. The van der Waals surface area contributed by atoms with Crippen LogP contribution in [0, 0.1) is 6.92 Å². The summed E-state index contributed by atoms with van der Waals surface area (Å²) in [4.78, 5) is 19.2. The molecule has 6 heteroatoms. The van der Waals surface area contributed by atoms with E-state index < -0.39 is 6.10 Å². The number of piperazine rings is 1. The molecule has 0 spiro atoms. The summed E-state index contributed by atoms with van der Waals surface area (Å²) in [6.45, 7) is 6.77. The number of carbonyl (C=O) groups excluding carboxylic acids is 1. The molecular formula is C19H25N3O3. The zero-order valence-electron chi connectivity index (χ0n) is 14.8. The SMILES string of the molecule is Cc1cccc2cc(C(=O)N3C[C@@H](O)[C@H](N4CCN(C)CC4)C3)oc12. The Morgan fingerprint density at radius 3 is 2.68 bits per heavy atom. The van der Waals surface area contributed by atoms with E-state index in [1.54, 1.807) is 11.0 Å². The van der Waals surface area contributed by atoms with Crippen LogP contribution in [0.25, 0.3) is 11.0 Å². The van der Waals surface area contributed by atoms with Crippen molar-refractivity contribution in [1.82, 2.24) is 14.7 Å². The number of para-hydroxylation sites is 1. The zero-order valence-corrected chi connectivity index (χ0v) is 14.8. The van der Waals surface area contributed by atoms with E-state index >= 15 is 0 Å². The van der Waals surface area contributed by atoms with Crippen molar-refractivity contribution in [2.24, 2.45) is 0 Å². The van der Waals surface area contributed by atoms with Crippen LogP contribution in [0.1, 0.15) is 16.1 Å². The lowest BCUT2D eigenvalue weighted by Gasteiger charge is -2.37. The van der Waals surface area contributed by atoms with Crippen LogP contribution in [0.2, 0.25) is 0 Å². The minimum absolute atomic E-state index is 0.0174. The van der Waals surface area contributed by atoms with Crippen LogP contribution < -0.4 is 0 Å². The summed E-state index contributed by atoms with van der Waals surface area (Å²) < 4.78 is 5.81. The number of β-amino-alcohol motifs (C(OH)–C–C–N with tert-alkyl or cyclic N) is 1. The first-order valence-corrected chi connectivity index (χ1v) is 8.92. The van der Waals surface area contributed by atoms with Crippen LogP contribution in [-0.2, 0) is 0 Å². The highest BCUT2D eigenvalue weighted by atomic mass is 16.3. The highest BCUT2D eigenvalue weighted by Crippen LogP contribution is 2.25. The maximum Gasteiger partial charge on any atom is 0.289 e. The Bertz CT molecular complexity index is 779. The van der Waals surface area contributed by atoms with Gasteiger partial charge in [-0.3, -0.25) is 9.69 Å². The maximum atomic E-state index is 12.8. The van der Waals surface area contributed by atoms with E-state index in [1.165, 1.54) is 0 Å². The Morgan fingerprint density at radius 2 is 1.96 bits per heavy atom. The first-order chi connectivity index (χ1) is 12.0. The molecule has 0 aliphatic carbocycles. The molecule has 1 amide bonds. The fourth-order valence-electron chi connectivity index (χ4n) is 3.92. The number of carbonyl (C=O) groups is 1. The molecule has 1 N–H and O–H groups in total. The van der Waals surface area contributed by atoms with E-state index in [0.29, 0.717) is 18.8 Å². The van der Waals surface area contributed by atoms with Gasteiger partial charge in [-0.15, -0.1) is 0 Å². The fourth-order valence-corrected chi connectivity index (χ4v) is 3.92. The van der Waals surface area contributed by atoms with Gasteiger partial charge in [-0.25, -0.2) is 0 Å². The number of likely N-dealkylation sites (tertiary alicyclic amines) is 1. The summed E-state index contributed by atoms with van der Waals surface area (Å²) in [6, 6.07) is 7.71. The van der Waals surface area contributed by atoms with E-state index in [4.69, 9.17) is 4.42 Å². The zero-order chi connectivity index (χ0) is 17.6. The predicted octanol–water partition coefficient (Wildman–Crippen LogP) is 1.17. The van der Waals surface area contributed by atoms with Crippen molar-refractivity contribution in [2.45, 2.75) is 19.1 Å². The number of furan rings is 1. The largest absolute Gasteiger partial charge is 0.451 e. The molecule has 2 aromatic rings. The quantitative estimate of drug-likeness (QED) is 0.887. The standard InChI is InChI=1S/C19H25N3O3/c1-13-4-3-5-14-10-17(25-18(13)14)19(24)22-11-15(16(23)12-22)21-8-6-20(2)7-9-21/h3-5,10,15-16,23H,6-9,11-12H2,1-2H3/t15-,16-/m1/s1. The number of benzene rings is 1. The second kappa shape index (κ2) is 6.44. The third-order valence-corrected chi connectivity index (χ3v) is 5.50. The number of fused-ring (bicyclic) bond motifs is 1. The molecule has 1 aromatic carbocycles. The highest BCUT2D eigenvalue weighted by molar-refractivity contribution is 5.96. The van der Waals surface area contributed by atoms with Gasteiger partial charge in [-0.2, -0.15) is 0 Å². The van der Waals surface area contributed by atoms with Crippen molar-refractivity contribution in [3.05, 3.63) is 35.6 Å². The molecule has 1 aromatic heterocycles. The summed E-state index contributed by atoms with van der Waals surface area (Å²) in [5.74, 6) is 0.224. The van der Waals surface area contributed by atoms with E-state index in [-0.39, 0.29) is 11.9 Å². The Balaban J connectivity index is 1.50. The van der Waals surface area contributed by atoms with Crippen LogP contribution in [-0.4, -0.2) is 84.2 Å². The Morgan fingerprint density at radius 1 is 1.20 bits per heavy atom. The first-order valence-electron chi connectivity index (χ1n) is 8.92. The first kappa shape index (κ1) is 16.6. The molecule has 2 aliphatic heterocycles. The monoisotopic (exact) mass is 343 g/mol. The van der Waals surface area contributed by atoms with Crippen molar-refractivity contribution in [2.75, 3.05) is 46.3 Å². The molecule has 134 valence electrons. The molecule has 2 saturated heterocycles. The summed E-state index contributed by atoms with van der Waals surface area (Å²) >= 11 is 0. The van der Waals surface area contributed by atoms with Gasteiger partial charge in [0.05, 0.1) is 12.1 Å². The average Bonchev–Trinajstić information content (AvgIpc) is 3.20. The van der Waals surface area contributed by atoms with Gasteiger partial charge in [0.2, 0.25) is 0 Å². The van der Waals surface area contributed by atoms with Crippen LogP contribution in [0.5, 0.6) is 0 Å². The fraction of sp³-hybridized carbons (Fsp3) is 0.526. The summed E-state index contributed by atoms with van der Waals surface area (Å²) in [5.41, 5.74) is 1.79. The maximum absolute atomic E-state index is 12.8. The lowest BCUT2D eigenvalue weighted by Crippen LogP contribution is -2.52. The topological polar surface area (TPSA) is 60.2 Å². The second-order valence-corrected chi connectivity index (χ2v) is 7.29. The molecule has 6 nitrogen and oxygen atoms in total. The van der Waals surface area contributed by atoms with Gasteiger partial charge in [0.1, 0.15) is 5.58 Å².